The number of hydrogen-bond donors (Lipinski definition) is 2. The van der Waals surface area contributed by atoms with Gasteiger partial charge in [0.25, 0.3) is 17.5 Å². The molecule has 148 valence electrons. The van der Waals surface area contributed by atoms with E-state index in [-0.39, 0.29) is 22.0 Å². The minimum Gasteiger partial charge on any atom is -0.459 e. The van der Waals surface area contributed by atoms with Crippen molar-refractivity contribution in [1.82, 2.24) is 0 Å². The molecule has 0 spiro atoms. The van der Waals surface area contributed by atoms with Crippen molar-refractivity contribution in [1.29, 1.82) is 0 Å². The van der Waals surface area contributed by atoms with Crippen LogP contribution < -0.4 is 10.6 Å². The lowest BCUT2D eigenvalue weighted by Crippen LogP contribution is -2.20. The van der Waals surface area contributed by atoms with Crippen LogP contribution >= 0.6 is 11.3 Å². The van der Waals surface area contributed by atoms with Gasteiger partial charge in [-0.05, 0) is 30.3 Å². The van der Waals surface area contributed by atoms with Crippen molar-refractivity contribution >= 4 is 45.5 Å². The monoisotopic (exact) mass is 415 g/mol. The molecule has 2 N–H and O–H groups in total. The Morgan fingerprint density at radius 2 is 1.93 bits per heavy atom. The second kappa shape index (κ2) is 8.80. The molecule has 3 aromatic rings. The van der Waals surface area contributed by atoms with Crippen molar-refractivity contribution in [2.24, 2.45) is 0 Å². The molecule has 0 aliphatic rings. The van der Waals surface area contributed by atoms with Gasteiger partial charge in [-0.15, -0.1) is 11.3 Å². The predicted octanol–water partition coefficient (Wildman–Crippen LogP) is 3.30. The van der Waals surface area contributed by atoms with Gasteiger partial charge in [0, 0.05) is 17.8 Å². The molecule has 2 amide bonds. The summed E-state index contributed by atoms with van der Waals surface area (Å²) in [5.74, 6) is -1.74. The molecule has 2 heterocycles. The number of furan rings is 1. The summed E-state index contributed by atoms with van der Waals surface area (Å²) in [6.45, 7) is -0.576. The topological polar surface area (TPSA) is 141 Å². The molecule has 0 saturated heterocycles. The first-order valence-corrected chi connectivity index (χ1v) is 8.90. The van der Waals surface area contributed by atoms with E-state index in [1.165, 1.54) is 48.7 Å². The van der Waals surface area contributed by atoms with E-state index in [4.69, 9.17) is 9.15 Å². The Bertz CT molecular complexity index is 1060. The number of nitro benzene ring substituents is 1. The highest BCUT2D eigenvalue weighted by molar-refractivity contribution is 7.18. The van der Waals surface area contributed by atoms with Crippen LogP contribution in [0.4, 0.5) is 16.4 Å². The van der Waals surface area contributed by atoms with E-state index in [9.17, 15) is 24.5 Å². The van der Waals surface area contributed by atoms with Gasteiger partial charge in [0.05, 0.1) is 16.2 Å². The number of esters is 1. The molecule has 0 radical (unpaired) electrons. The Morgan fingerprint density at radius 3 is 2.66 bits per heavy atom. The van der Waals surface area contributed by atoms with E-state index in [1.807, 2.05) is 0 Å². The van der Waals surface area contributed by atoms with Crippen molar-refractivity contribution in [3.05, 3.63) is 75.5 Å². The van der Waals surface area contributed by atoms with Crippen LogP contribution in [0.1, 0.15) is 20.2 Å². The zero-order valence-corrected chi connectivity index (χ0v) is 15.4. The summed E-state index contributed by atoms with van der Waals surface area (Å²) in [7, 11) is 0. The highest BCUT2D eigenvalue weighted by atomic mass is 32.1. The molecule has 1 aromatic carbocycles. The normalized spacial score (nSPS) is 10.2. The number of anilines is 2. The molecule has 10 nitrogen and oxygen atoms in total. The van der Waals surface area contributed by atoms with E-state index >= 15 is 0 Å². The smallest absolute Gasteiger partial charge is 0.348 e. The Labute approximate surface area is 167 Å². The van der Waals surface area contributed by atoms with Crippen molar-refractivity contribution in [3.63, 3.8) is 0 Å². The lowest BCUT2D eigenvalue weighted by molar-refractivity contribution is -0.384. The quantitative estimate of drug-likeness (QED) is 0.343. The lowest BCUT2D eigenvalue weighted by atomic mass is 10.3. The maximum atomic E-state index is 12.1. The lowest BCUT2D eigenvalue weighted by Gasteiger charge is -2.05. The average Bonchev–Trinajstić information content (AvgIpc) is 3.38. The SMILES string of the molecule is O=C(COC(=O)c1ccc(NC(=O)c2ccco2)s1)Nc1cccc([N+](=O)[O-])c1. The average molecular weight is 415 g/mol. The van der Waals surface area contributed by atoms with Crippen LogP contribution in [0.2, 0.25) is 0 Å². The molecule has 0 saturated carbocycles. The van der Waals surface area contributed by atoms with E-state index in [0.717, 1.165) is 11.3 Å². The fourth-order valence-corrected chi connectivity index (χ4v) is 2.99. The first kappa shape index (κ1) is 19.8. The number of non-ortho nitro benzene ring substituents is 1. The number of thiophene rings is 1. The summed E-state index contributed by atoms with van der Waals surface area (Å²) in [6, 6.07) is 11.4. The number of rotatable bonds is 7. The Morgan fingerprint density at radius 1 is 1.10 bits per heavy atom. The van der Waals surface area contributed by atoms with Gasteiger partial charge in [-0.3, -0.25) is 19.7 Å². The molecule has 3 rings (SSSR count). The van der Waals surface area contributed by atoms with E-state index < -0.39 is 29.3 Å². The van der Waals surface area contributed by atoms with Crippen LogP contribution in [0.3, 0.4) is 0 Å². The minimum atomic E-state index is -0.748. The van der Waals surface area contributed by atoms with Crippen LogP contribution in [0.5, 0.6) is 0 Å². The third kappa shape index (κ3) is 5.26. The minimum absolute atomic E-state index is 0.125. The number of carbonyl (C=O) groups excluding carboxylic acids is 3. The Hall–Kier alpha value is -3.99. The number of amides is 2. The third-order valence-corrected chi connectivity index (χ3v) is 4.44. The Balaban J connectivity index is 1.51. The summed E-state index contributed by atoms with van der Waals surface area (Å²) >= 11 is 0.973. The second-order valence-corrected chi connectivity index (χ2v) is 6.61. The molecule has 0 unspecified atom stereocenters. The summed E-state index contributed by atoms with van der Waals surface area (Å²) in [5.41, 5.74) is 0.0294. The summed E-state index contributed by atoms with van der Waals surface area (Å²) in [5, 5.41) is 16.1. The van der Waals surface area contributed by atoms with Gasteiger partial charge in [-0.25, -0.2) is 4.79 Å². The molecule has 0 fully saturated rings. The molecule has 0 aliphatic carbocycles. The number of ether oxygens (including phenoxy) is 1. The van der Waals surface area contributed by atoms with Crippen LogP contribution in [-0.4, -0.2) is 29.3 Å². The van der Waals surface area contributed by atoms with Crippen LogP contribution in [-0.2, 0) is 9.53 Å². The van der Waals surface area contributed by atoms with Gasteiger partial charge in [-0.1, -0.05) is 6.07 Å². The molecule has 0 bridgehead atoms. The van der Waals surface area contributed by atoms with Crippen LogP contribution in [0.25, 0.3) is 0 Å². The zero-order chi connectivity index (χ0) is 20.8. The second-order valence-electron chi connectivity index (χ2n) is 5.53. The third-order valence-electron chi connectivity index (χ3n) is 3.46. The number of nitrogens with one attached hydrogen (secondary N) is 2. The fraction of sp³-hybridized carbons (Fsp3) is 0.0556. The van der Waals surface area contributed by atoms with Gasteiger partial charge >= 0.3 is 5.97 Å². The van der Waals surface area contributed by atoms with Crippen LogP contribution in [0.15, 0.2) is 59.2 Å². The number of benzene rings is 1. The molecular formula is C18H13N3O7S. The molecule has 0 aliphatic heterocycles. The highest BCUT2D eigenvalue weighted by Gasteiger charge is 2.16. The fourth-order valence-electron chi connectivity index (χ4n) is 2.19. The summed E-state index contributed by atoms with van der Waals surface area (Å²) < 4.78 is 9.90. The first-order valence-electron chi connectivity index (χ1n) is 8.08. The van der Waals surface area contributed by atoms with Gasteiger partial charge in [-0.2, -0.15) is 0 Å². The predicted molar refractivity (Wildman–Crippen MR) is 103 cm³/mol. The Kier molecular flexibility index (Phi) is 6.00. The molecule has 0 atom stereocenters. The first-order chi connectivity index (χ1) is 13.9. The maximum Gasteiger partial charge on any atom is 0.348 e. The van der Waals surface area contributed by atoms with E-state index in [0.29, 0.717) is 5.00 Å². The largest absolute Gasteiger partial charge is 0.459 e. The molecule has 2 aromatic heterocycles. The highest BCUT2D eigenvalue weighted by Crippen LogP contribution is 2.23. The van der Waals surface area contributed by atoms with Gasteiger partial charge in [0.15, 0.2) is 12.4 Å². The van der Waals surface area contributed by atoms with Crippen molar-refractivity contribution in [3.8, 4) is 0 Å². The van der Waals surface area contributed by atoms with Gasteiger partial charge < -0.3 is 19.8 Å². The standard InChI is InChI=1S/C18H13N3O7S/c22-15(19-11-3-1-4-12(9-11)21(25)26)10-28-18(24)14-6-7-16(29-14)20-17(23)13-5-2-8-27-13/h1-9H,10H2,(H,19,22)(H,20,23). The summed E-state index contributed by atoms with van der Waals surface area (Å²) in [6.07, 6.45) is 1.37. The molecule has 11 heteroatoms. The van der Waals surface area contributed by atoms with Crippen molar-refractivity contribution in [2.45, 2.75) is 0 Å². The number of hydrogen-bond acceptors (Lipinski definition) is 8. The molecular weight excluding hydrogens is 402 g/mol. The zero-order valence-electron chi connectivity index (χ0n) is 14.6. The van der Waals surface area contributed by atoms with Crippen molar-refractivity contribution in [2.75, 3.05) is 17.2 Å². The van der Waals surface area contributed by atoms with Crippen LogP contribution in [0, 0.1) is 10.1 Å². The molecule has 29 heavy (non-hydrogen) atoms. The van der Waals surface area contributed by atoms with Gasteiger partial charge in [0.2, 0.25) is 0 Å². The number of carbonyl (C=O) groups is 3. The van der Waals surface area contributed by atoms with Crippen molar-refractivity contribution < 1.29 is 28.5 Å². The summed E-state index contributed by atoms with van der Waals surface area (Å²) in [4.78, 5) is 46.2. The number of nitro groups is 1. The van der Waals surface area contributed by atoms with E-state index in [1.54, 1.807) is 6.07 Å². The van der Waals surface area contributed by atoms with E-state index in [2.05, 4.69) is 10.6 Å². The van der Waals surface area contributed by atoms with Gasteiger partial charge in [0.1, 0.15) is 4.88 Å². The maximum absolute atomic E-state index is 12.1. The number of nitrogens with zero attached hydrogens (tertiary/aromatic N) is 1.